The average Bonchev–Trinajstić information content (AvgIpc) is 2.77. The van der Waals surface area contributed by atoms with Gasteiger partial charge in [0.25, 0.3) is 0 Å². The fraction of sp³-hybridized carbons (Fsp3) is 0.125. The predicted octanol–water partition coefficient (Wildman–Crippen LogP) is 3.25. The maximum Gasteiger partial charge on any atom is 0.336 e. The molecule has 0 fully saturated rings. The van der Waals surface area contributed by atoms with E-state index in [1.807, 2.05) is 42.8 Å². The lowest BCUT2D eigenvalue weighted by molar-refractivity contribution is 0.0697. The number of fused-ring (bicyclic) bond motifs is 1. The zero-order valence-electron chi connectivity index (χ0n) is 11.3. The van der Waals surface area contributed by atoms with Crippen LogP contribution >= 0.6 is 0 Å². The largest absolute Gasteiger partial charge is 0.478 e. The molecule has 0 atom stereocenters. The Morgan fingerprint density at radius 3 is 2.60 bits per heavy atom. The van der Waals surface area contributed by atoms with Crippen LogP contribution < -0.4 is 0 Å². The second-order valence-electron chi connectivity index (χ2n) is 4.79. The molecule has 1 aromatic heterocycles. The van der Waals surface area contributed by atoms with Gasteiger partial charge in [-0.2, -0.15) is 0 Å². The molecule has 4 heteroatoms. The maximum atomic E-state index is 11.4. The zero-order valence-corrected chi connectivity index (χ0v) is 11.3. The summed E-state index contributed by atoms with van der Waals surface area (Å²) in [5.41, 5.74) is 3.93. The molecule has 100 valence electrons. The van der Waals surface area contributed by atoms with Crippen molar-refractivity contribution in [3.63, 3.8) is 0 Å². The van der Waals surface area contributed by atoms with Crippen LogP contribution in [0, 0.1) is 6.92 Å². The average molecular weight is 266 g/mol. The van der Waals surface area contributed by atoms with Crippen LogP contribution in [0.1, 0.15) is 15.9 Å². The molecule has 0 saturated carbocycles. The summed E-state index contributed by atoms with van der Waals surface area (Å²) in [6.45, 7) is 2.02. The Hall–Kier alpha value is -2.62. The van der Waals surface area contributed by atoms with Crippen LogP contribution in [0.4, 0.5) is 0 Å². The summed E-state index contributed by atoms with van der Waals surface area (Å²) in [4.78, 5) is 15.9. The number of imidazole rings is 1. The number of rotatable bonds is 2. The number of aromatic nitrogens is 2. The second kappa shape index (κ2) is 4.49. The molecule has 1 N–H and O–H groups in total. The summed E-state index contributed by atoms with van der Waals surface area (Å²) >= 11 is 0. The number of carboxylic acid groups (broad SMARTS) is 1. The third kappa shape index (κ3) is 1.77. The molecule has 0 bridgehead atoms. The van der Waals surface area contributed by atoms with E-state index in [0.29, 0.717) is 11.4 Å². The third-order valence-corrected chi connectivity index (χ3v) is 3.49. The van der Waals surface area contributed by atoms with Crippen LogP contribution in [0.25, 0.3) is 22.4 Å². The molecule has 0 aliphatic rings. The van der Waals surface area contributed by atoms with Gasteiger partial charge < -0.3 is 9.67 Å². The topological polar surface area (TPSA) is 55.1 Å². The molecule has 3 rings (SSSR count). The second-order valence-corrected chi connectivity index (χ2v) is 4.79. The summed E-state index contributed by atoms with van der Waals surface area (Å²) in [6.07, 6.45) is 0. The molecule has 0 radical (unpaired) electrons. The molecule has 0 saturated heterocycles. The van der Waals surface area contributed by atoms with E-state index in [1.165, 1.54) is 0 Å². The molecule has 0 aliphatic heterocycles. The highest BCUT2D eigenvalue weighted by Crippen LogP contribution is 2.27. The van der Waals surface area contributed by atoms with Crippen molar-refractivity contribution in [3.05, 3.63) is 53.6 Å². The highest BCUT2D eigenvalue weighted by molar-refractivity contribution is 5.96. The van der Waals surface area contributed by atoms with Gasteiger partial charge in [-0.15, -0.1) is 0 Å². The molecule has 0 aliphatic carbocycles. The number of nitrogens with zero attached hydrogens (tertiary/aromatic N) is 2. The fourth-order valence-corrected chi connectivity index (χ4v) is 2.57. The van der Waals surface area contributed by atoms with Gasteiger partial charge in [-0.05, 0) is 24.6 Å². The van der Waals surface area contributed by atoms with Gasteiger partial charge in [0.2, 0.25) is 0 Å². The SMILES string of the molecule is Cc1cccc2nc(-c3ccccc3C(=O)O)n(C)c12. The summed E-state index contributed by atoms with van der Waals surface area (Å²) in [6, 6.07) is 12.9. The Morgan fingerprint density at radius 2 is 1.90 bits per heavy atom. The molecule has 0 unspecified atom stereocenters. The first-order valence-corrected chi connectivity index (χ1v) is 6.34. The van der Waals surface area contributed by atoms with Crippen molar-refractivity contribution in [3.8, 4) is 11.4 Å². The van der Waals surface area contributed by atoms with Crippen molar-refractivity contribution in [2.75, 3.05) is 0 Å². The number of aryl methyl sites for hydroxylation is 2. The number of benzene rings is 2. The van der Waals surface area contributed by atoms with E-state index in [9.17, 15) is 9.90 Å². The first-order chi connectivity index (χ1) is 9.59. The maximum absolute atomic E-state index is 11.4. The molecule has 0 amide bonds. The molecule has 3 aromatic rings. The fourth-order valence-electron chi connectivity index (χ4n) is 2.57. The molecular formula is C16H14N2O2. The van der Waals surface area contributed by atoms with Crippen LogP contribution in [0.2, 0.25) is 0 Å². The molecule has 1 heterocycles. The van der Waals surface area contributed by atoms with Crippen molar-refractivity contribution < 1.29 is 9.90 Å². The van der Waals surface area contributed by atoms with E-state index in [-0.39, 0.29) is 5.56 Å². The Kier molecular flexibility index (Phi) is 2.79. The van der Waals surface area contributed by atoms with Crippen LogP contribution in [-0.2, 0) is 7.05 Å². The number of carbonyl (C=O) groups is 1. The van der Waals surface area contributed by atoms with E-state index in [2.05, 4.69) is 4.98 Å². The minimum Gasteiger partial charge on any atom is -0.478 e. The Morgan fingerprint density at radius 1 is 1.15 bits per heavy atom. The number of aromatic carboxylic acids is 1. The molecule has 0 spiro atoms. The van der Waals surface area contributed by atoms with Crippen molar-refractivity contribution >= 4 is 17.0 Å². The highest BCUT2D eigenvalue weighted by atomic mass is 16.4. The third-order valence-electron chi connectivity index (χ3n) is 3.49. The first-order valence-electron chi connectivity index (χ1n) is 6.34. The van der Waals surface area contributed by atoms with Crippen LogP contribution in [0.3, 0.4) is 0 Å². The normalized spacial score (nSPS) is 10.9. The monoisotopic (exact) mass is 266 g/mol. The van der Waals surface area contributed by atoms with Gasteiger partial charge in [-0.25, -0.2) is 9.78 Å². The zero-order chi connectivity index (χ0) is 14.3. The van der Waals surface area contributed by atoms with Crippen LogP contribution in [-0.4, -0.2) is 20.6 Å². The van der Waals surface area contributed by atoms with Gasteiger partial charge in [-0.1, -0.05) is 30.3 Å². The number of carboxylic acids is 1. The van der Waals surface area contributed by atoms with Crippen molar-refractivity contribution in [1.29, 1.82) is 0 Å². The van der Waals surface area contributed by atoms with E-state index in [1.54, 1.807) is 18.2 Å². The first kappa shape index (κ1) is 12.4. The quantitative estimate of drug-likeness (QED) is 0.774. The lowest BCUT2D eigenvalue weighted by atomic mass is 10.1. The summed E-state index contributed by atoms with van der Waals surface area (Å²) in [7, 11) is 1.91. The van der Waals surface area contributed by atoms with Gasteiger partial charge in [0, 0.05) is 12.6 Å². The van der Waals surface area contributed by atoms with E-state index in [4.69, 9.17) is 0 Å². The minimum absolute atomic E-state index is 0.267. The van der Waals surface area contributed by atoms with Gasteiger partial charge in [0.15, 0.2) is 0 Å². The summed E-state index contributed by atoms with van der Waals surface area (Å²) < 4.78 is 1.95. The smallest absolute Gasteiger partial charge is 0.336 e. The highest BCUT2D eigenvalue weighted by Gasteiger charge is 2.17. The summed E-state index contributed by atoms with van der Waals surface area (Å²) in [5, 5.41) is 9.31. The van der Waals surface area contributed by atoms with E-state index in [0.717, 1.165) is 16.6 Å². The molecule has 2 aromatic carbocycles. The lowest BCUT2D eigenvalue weighted by Gasteiger charge is -2.06. The Labute approximate surface area is 116 Å². The van der Waals surface area contributed by atoms with Gasteiger partial charge in [-0.3, -0.25) is 0 Å². The van der Waals surface area contributed by atoms with Crippen molar-refractivity contribution in [2.24, 2.45) is 7.05 Å². The predicted molar refractivity (Wildman–Crippen MR) is 77.8 cm³/mol. The van der Waals surface area contributed by atoms with Crippen molar-refractivity contribution in [2.45, 2.75) is 6.92 Å². The van der Waals surface area contributed by atoms with Crippen LogP contribution in [0.5, 0.6) is 0 Å². The lowest BCUT2D eigenvalue weighted by Crippen LogP contribution is -2.02. The van der Waals surface area contributed by atoms with E-state index < -0.39 is 5.97 Å². The van der Waals surface area contributed by atoms with Gasteiger partial charge in [0.05, 0.1) is 16.6 Å². The number of para-hydroxylation sites is 1. The van der Waals surface area contributed by atoms with Gasteiger partial charge in [0.1, 0.15) is 5.82 Å². The standard InChI is InChI=1S/C16H14N2O2/c1-10-6-5-9-13-14(10)18(2)15(17-13)11-7-3-4-8-12(11)16(19)20/h3-9H,1-2H3,(H,19,20). The molecular weight excluding hydrogens is 252 g/mol. The van der Waals surface area contributed by atoms with E-state index >= 15 is 0 Å². The van der Waals surface area contributed by atoms with Gasteiger partial charge >= 0.3 is 5.97 Å². The minimum atomic E-state index is -0.940. The Balaban J connectivity index is 2.34. The van der Waals surface area contributed by atoms with Crippen molar-refractivity contribution in [1.82, 2.24) is 9.55 Å². The number of hydrogen-bond donors (Lipinski definition) is 1. The number of hydrogen-bond acceptors (Lipinski definition) is 2. The Bertz CT molecular complexity index is 818. The van der Waals surface area contributed by atoms with Crippen LogP contribution in [0.15, 0.2) is 42.5 Å². The molecule has 20 heavy (non-hydrogen) atoms. The summed E-state index contributed by atoms with van der Waals surface area (Å²) in [5.74, 6) is -0.267. The molecule has 4 nitrogen and oxygen atoms in total.